The minimum absolute atomic E-state index is 0.0477. The van der Waals surface area contributed by atoms with E-state index in [2.05, 4.69) is 4.90 Å². The highest BCUT2D eigenvalue weighted by Crippen LogP contribution is 2.37. The maximum Gasteiger partial charge on any atom is 0.226 e. The van der Waals surface area contributed by atoms with Crippen molar-refractivity contribution >= 4 is 5.91 Å². The first-order valence-corrected chi connectivity index (χ1v) is 10.5. The molecule has 3 aliphatic heterocycles. The summed E-state index contributed by atoms with van der Waals surface area (Å²) in [5, 5.41) is 0. The maximum atomic E-state index is 12.8. The summed E-state index contributed by atoms with van der Waals surface area (Å²) in [5.74, 6) is 0.997. The molecular weight excluding hydrogens is 356 g/mol. The number of methoxy groups -OCH3 is 1. The molecule has 0 saturated carbocycles. The number of carbonyl (C=O) groups excluding carboxylic acids is 1. The normalized spacial score (nSPS) is 25.6. The molecule has 154 valence electrons. The topological polar surface area (TPSA) is 51.2 Å². The molecule has 0 radical (unpaired) electrons. The Morgan fingerprint density at radius 3 is 2.71 bits per heavy atom. The fourth-order valence-electron chi connectivity index (χ4n) is 4.84. The number of hydrogen-bond donors (Lipinski definition) is 0. The van der Waals surface area contributed by atoms with Crippen molar-refractivity contribution in [3.05, 3.63) is 29.8 Å². The second-order valence-corrected chi connectivity index (χ2v) is 8.24. The number of hydrogen-bond acceptors (Lipinski definition) is 5. The first kappa shape index (κ1) is 19.7. The van der Waals surface area contributed by atoms with Crippen LogP contribution in [0.3, 0.4) is 0 Å². The van der Waals surface area contributed by atoms with Crippen LogP contribution in [-0.4, -0.2) is 80.5 Å². The molecule has 0 aromatic heterocycles. The minimum atomic E-state index is -0.0477. The van der Waals surface area contributed by atoms with Crippen molar-refractivity contribution in [1.29, 1.82) is 0 Å². The van der Waals surface area contributed by atoms with Crippen molar-refractivity contribution in [2.24, 2.45) is 0 Å². The summed E-state index contributed by atoms with van der Waals surface area (Å²) in [7, 11) is 1.65. The summed E-state index contributed by atoms with van der Waals surface area (Å²) in [6.45, 7) is 6.17. The molecule has 1 aromatic carbocycles. The highest BCUT2D eigenvalue weighted by molar-refractivity contribution is 5.79. The third-order valence-electron chi connectivity index (χ3n) is 6.55. The summed E-state index contributed by atoms with van der Waals surface area (Å²) >= 11 is 0. The average Bonchev–Trinajstić information content (AvgIpc) is 2.75. The molecule has 0 bridgehead atoms. The number of piperidine rings is 1. The second kappa shape index (κ2) is 8.80. The zero-order chi connectivity index (χ0) is 19.4. The predicted octanol–water partition coefficient (Wildman–Crippen LogP) is 2.11. The van der Waals surface area contributed by atoms with Crippen LogP contribution in [0.4, 0.5) is 0 Å². The number of rotatable bonds is 4. The van der Waals surface area contributed by atoms with Gasteiger partial charge in [-0.25, -0.2) is 0 Å². The number of morpholine rings is 1. The molecule has 0 aliphatic carbocycles. The lowest BCUT2D eigenvalue weighted by Crippen LogP contribution is -2.56. The van der Waals surface area contributed by atoms with Crippen LogP contribution in [0.5, 0.6) is 5.75 Å². The van der Waals surface area contributed by atoms with E-state index in [0.29, 0.717) is 12.5 Å². The van der Waals surface area contributed by atoms with E-state index in [1.807, 2.05) is 29.2 Å². The Labute approximate surface area is 167 Å². The Morgan fingerprint density at radius 2 is 1.96 bits per heavy atom. The highest BCUT2D eigenvalue weighted by atomic mass is 16.5. The number of likely N-dealkylation sites (tertiary alicyclic amines) is 1. The zero-order valence-electron chi connectivity index (χ0n) is 16.9. The van der Waals surface area contributed by atoms with Crippen molar-refractivity contribution < 1.29 is 19.0 Å². The van der Waals surface area contributed by atoms with Gasteiger partial charge in [0.05, 0.1) is 32.3 Å². The van der Waals surface area contributed by atoms with Crippen molar-refractivity contribution in [3.8, 4) is 5.75 Å². The summed E-state index contributed by atoms with van der Waals surface area (Å²) in [5.41, 5.74) is 0.958. The molecule has 3 saturated heterocycles. The van der Waals surface area contributed by atoms with Gasteiger partial charge in [-0.05, 0) is 43.4 Å². The average molecular weight is 389 g/mol. The SMILES string of the molecule is COc1cccc(CC(=O)N2CCC3(CC2)CC(N2CCOCC2)CCO3)c1. The fraction of sp³-hybridized carbons (Fsp3) is 0.682. The molecule has 0 N–H and O–H groups in total. The molecular formula is C22H32N2O4. The molecule has 1 atom stereocenters. The van der Waals surface area contributed by atoms with Crippen LogP contribution in [0, 0.1) is 0 Å². The van der Waals surface area contributed by atoms with Gasteiger partial charge in [0, 0.05) is 38.8 Å². The molecule has 3 fully saturated rings. The Kier molecular flexibility index (Phi) is 6.19. The van der Waals surface area contributed by atoms with Gasteiger partial charge < -0.3 is 19.1 Å². The van der Waals surface area contributed by atoms with Crippen LogP contribution >= 0.6 is 0 Å². The van der Waals surface area contributed by atoms with E-state index in [9.17, 15) is 4.79 Å². The third-order valence-corrected chi connectivity index (χ3v) is 6.55. The van der Waals surface area contributed by atoms with Crippen molar-refractivity contribution in [2.45, 2.75) is 43.7 Å². The first-order valence-electron chi connectivity index (χ1n) is 10.5. The smallest absolute Gasteiger partial charge is 0.226 e. The van der Waals surface area contributed by atoms with Crippen molar-refractivity contribution in [2.75, 3.05) is 53.1 Å². The van der Waals surface area contributed by atoms with Crippen molar-refractivity contribution in [1.82, 2.24) is 9.80 Å². The molecule has 1 aromatic rings. The molecule has 1 spiro atoms. The first-order chi connectivity index (χ1) is 13.7. The zero-order valence-corrected chi connectivity index (χ0v) is 16.9. The van der Waals surface area contributed by atoms with Crippen molar-refractivity contribution in [3.63, 3.8) is 0 Å². The summed E-state index contributed by atoms with van der Waals surface area (Å²) in [4.78, 5) is 17.4. The van der Waals surface area contributed by atoms with Crippen LogP contribution in [0.2, 0.25) is 0 Å². The maximum absolute atomic E-state index is 12.8. The molecule has 6 nitrogen and oxygen atoms in total. The summed E-state index contributed by atoms with van der Waals surface area (Å²) in [6, 6.07) is 8.37. The van der Waals surface area contributed by atoms with Gasteiger partial charge in [-0.15, -0.1) is 0 Å². The molecule has 3 aliphatic rings. The van der Waals surface area contributed by atoms with Gasteiger partial charge in [0.2, 0.25) is 5.91 Å². The Hall–Kier alpha value is -1.63. The lowest BCUT2D eigenvalue weighted by molar-refractivity contribution is -0.151. The number of ether oxygens (including phenoxy) is 3. The van der Waals surface area contributed by atoms with Gasteiger partial charge in [-0.2, -0.15) is 0 Å². The molecule has 6 heteroatoms. The van der Waals surface area contributed by atoms with E-state index in [0.717, 1.165) is 83.0 Å². The van der Waals surface area contributed by atoms with E-state index in [-0.39, 0.29) is 11.5 Å². The lowest BCUT2D eigenvalue weighted by Gasteiger charge is -2.49. The van der Waals surface area contributed by atoms with Crippen LogP contribution in [0.1, 0.15) is 31.2 Å². The van der Waals surface area contributed by atoms with Gasteiger partial charge in [0.15, 0.2) is 0 Å². The molecule has 3 heterocycles. The standard InChI is InChI=1S/C22H32N2O4/c1-26-20-4-2-3-18(15-20)16-21(25)24-8-6-22(7-9-24)17-19(5-12-28-22)23-10-13-27-14-11-23/h2-4,15,19H,5-14,16-17H2,1H3. The number of carbonyl (C=O) groups is 1. The molecule has 28 heavy (non-hydrogen) atoms. The summed E-state index contributed by atoms with van der Waals surface area (Å²) < 4.78 is 17.1. The Bertz CT molecular complexity index is 666. The van der Waals surface area contributed by atoms with Gasteiger partial charge in [0.1, 0.15) is 5.75 Å². The molecule has 4 rings (SSSR count). The third kappa shape index (κ3) is 4.50. The van der Waals surface area contributed by atoms with Crippen LogP contribution in [0.15, 0.2) is 24.3 Å². The fourth-order valence-corrected chi connectivity index (χ4v) is 4.84. The van der Waals surface area contributed by atoms with E-state index in [1.165, 1.54) is 0 Å². The number of amides is 1. The predicted molar refractivity (Wildman–Crippen MR) is 107 cm³/mol. The monoisotopic (exact) mass is 388 g/mol. The number of nitrogens with zero attached hydrogens (tertiary/aromatic N) is 2. The number of benzene rings is 1. The second-order valence-electron chi connectivity index (χ2n) is 8.24. The van der Waals surface area contributed by atoms with E-state index in [1.54, 1.807) is 7.11 Å². The van der Waals surface area contributed by atoms with E-state index < -0.39 is 0 Å². The Balaban J connectivity index is 1.31. The van der Waals surface area contributed by atoms with Crippen LogP contribution in [-0.2, 0) is 20.7 Å². The van der Waals surface area contributed by atoms with Gasteiger partial charge in [0.25, 0.3) is 0 Å². The van der Waals surface area contributed by atoms with Crippen LogP contribution in [0.25, 0.3) is 0 Å². The Morgan fingerprint density at radius 1 is 1.18 bits per heavy atom. The van der Waals surface area contributed by atoms with Gasteiger partial charge >= 0.3 is 0 Å². The molecule has 1 amide bonds. The highest BCUT2D eigenvalue weighted by Gasteiger charge is 2.42. The molecule has 1 unspecified atom stereocenters. The largest absolute Gasteiger partial charge is 0.497 e. The lowest BCUT2D eigenvalue weighted by atomic mass is 9.81. The van der Waals surface area contributed by atoms with E-state index in [4.69, 9.17) is 14.2 Å². The quantitative estimate of drug-likeness (QED) is 0.791. The summed E-state index contributed by atoms with van der Waals surface area (Å²) in [6.07, 6.45) is 4.52. The van der Waals surface area contributed by atoms with Gasteiger partial charge in [-0.3, -0.25) is 9.69 Å². The van der Waals surface area contributed by atoms with Gasteiger partial charge in [-0.1, -0.05) is 12.1 Å². The van der Waals surface area contributed by atoms with Crippen LogP contribution < -0.4 is 4.74 Å². The van der Waals surface area contributed by atoms with E-state index >= 15 is 0 Å². The minimum Gasteiger partial charge on any atom is -0.497 e.